The predicted molar refractivity (Wildman–Crippen MR) is 121 cm³/mol. The molecule has 2 aliphatic rings. The van der Waals surface area contributed by atoms with E-state index < -0.39 is 10.0 Å². The normalized spacial score (nSPS) is 18.5. The predicted octanol–water partition coefficient (Wildman–Crippen LogP) is 1.58. The molecule has 2 aromatic carbocycles. The van der Waals surface area contributed by atoms with Crippen LogP contribution in [0.2, 0.25) is 0 Å². The van der Waals surface area contributed by atoms with Gasteiger partial charge in [0.05, 0.1) is 4.90 Å². The minimum absolute atomic E-state index is 0.00772. The van der Waals surface area contributed by atoms with E-state index in [4.69, 9.17) is 5.14 Å². The summed E-state index contributed by atoms with van der Waals surface area (Å²) >= 11 is 0. The summed E-state index contributed by atoms with van der Waals surface area (Å²) in [5.74, 6) is 1.63. The van der Waals surface area contributed by atoms with Gasteiger partial charge in [0.1, 0.15) is 0 Å². The van der Waals surface area contributed by atoms with Crippen LogP contribution in [0.3, 0.4) is 0 Å². The molecule has 1 aromatic heterocycles. The maximum Gasteiger partial charge on any atom is 0.238 e. The molecule has 0 saturated carbocycles. The van der Waals surface area contributed by atoms with E-state index >= 15 is 0 Å². The van der Waals surface area contributed by atoms with E-state index in [2.05, 4.69) is 43.0 Å². The minimum Gasteiger partial charge on any atom is -0.316 e. The van der Waals surface area contributed by atoms with Crippen molar-refractivity contribution in [2.24, 2.45) is 11.1 Å². The Bertz CT molecular complexity index is 1170. The summed E-state index contributed by atoms with van der Waals surface area (Å²) in [7, 11) is -3.95. The number of hydrogen-bond donors (Lipinski definition) is 3. The van der Waals surface area contributed by atoms with Crippen LogP contribution in [0.25, 0.3) is 22.5 Å². The van der Waals surface area contributed by atoms with Crippen molar-refractivity contribution in [1.82, 2.24) is 30.8 Å². The molecular formula is C22H27N7O2S. The van der Waals surface area contributed by atoms with Gasteiger partial charge in [0.15, 0.2) is 5.82 Å². The first kappa shape index (κ1) is 21.2. The Morgan fingerprint density at radius 2 is 1.81 bits per heavy atom. The quantitative estimate of drug-likeness (QED) is 0.517. The molecule has 168 valence electrons. The number of nitrogens with two attached hydrogens (primary N) is 1. The van der Waals surface area contributed by atoms with Crippen molar-refractivity contribution in [3.05, 3.63) is 48.0 Å². The zero-order valence-corrected chi connectivity index (χ0v) is 18.6. The molecule has 10 heteroatoms. The molecule has 0 spiro atoms. The van der Waals surface area contributed by atoms with E-state index in [1.165, 1.54) is 18.2 Å². The summed E-state index contributed by atoms with van der Waals surface area (Å²) in [4.78, 5) is 2.58. The summed E-state index contributed by atoms with van der Waals surface area (Å²) < 4.78 is 24.4. The molecule has 0 bridgehead atoms. The molecule has 0 aliphatic carbocycles. The van der Waals surface area contributed by atoms with Crippen molar-refractivity contribution in [1.29, 1.82) is 0 Å². The highest BCUT2D eigenvalue weighted by Crippen LogP contribution is 2.36. The monoisotopic (exact) mass is 453 g/mol. The molecule has 0 atom stereocenters. The lowest BCUT2D eigenvalue weighted by Gasteiger charge is -2.37. The number of aromatic nitrogens is 4. The van der Waals surface area contributed by atoms with Gasteiger partial charge in [0, 0.05) is 25.2 Å². The number of piperidine rings is 1. The van der Waals surface area contributed by atoms with E-state index in [1.807, 2.05) is 18.2 Å². The van der Waals surface area contributed by atoms with Crippen molar-refractivity contribution in [3.63, 3.8) is 0 Å². The number of primary sulfonamides is 1. The summed E-state index contributed by atoms with van der Waals surface area (Å²) in [6.45, 7) is 5.79. The first-order chi connectivity index (χ1) is 15.5. The van der Waals surface area contributed by atoms with Gasteiger partial charge in [-0.05, 0) is 71.0 Å². The number of rotatable bonds is 6. The van der Waals surface area contributed by atoms with Crippen LogP contribution in [-0.2, 0) is 10.0 Å². The second kappa shape index (κ2) is 8.70. The van der Waals surface area contributed by atoms with Gasteiger partial charge in [-0.15, -0.1) is 5.10 Å². The fourth-order valence-corrected chi connectivity index (χ4v) is 5.50. The Morgan fingerprint density at radius 1 is 1.06 bits per heavy atom. The average Bonchev–Trinajstić information content (AvgIpc) is 3.30. The van der Waals surface area contributed by atoms with Crippen LogP contribution in [0.15, 0.2) is 47.4 Å². The number of nitrogens with zero attached hydrogens (tertiary/aromatic N) is 4. The van der Waals surface area contributed by atoms with E-state index in [-0.39, 0.29) is 10.7 Å². The summed E-state index contributed by atoms with van der Waals surface area (Å²) in [6, 6.07) is 13.4. The SMILES string of the molecule is NS(=O)(=O)c1cccc(-c2ccc(C3CCN(CC4CNC4)CC3)cc2)c1-c1nnn[nH]1. The van der Waals surface area contributed by atoms with E-state index in [0.717, 1.165) is 50.5 Å². The van der Waals surface area contributed by atoms with Crippen LogP contribution in [0.4, 0.5) is 0 Å². The zero-order chi connectivity index (χ0) is 22.1. The number of nitrogens with one attached hydrogen (secondary N) is 2. The van der Waals surface area contributed by atoms with Crippen LogP contribution in [0, 0.1) is 5.92 Å². The lowest BCUT2D eigenvalue weighted by molar-refractivity contribution is 0.158. The number of tetrazole rings is 1. The number of benzene rings is 2. The van der Waals surface area contributed by atoms with Crippen molar-refractivity contribution in [2.45, 2.75) is 23.7 Å². The number of hydrogen-bond acceptors (Lipinski definition) is 7. The second-order valence-electron chi connectivity index (χ2n) is 8.69. The highest BCUT2D eigenvalue weighted by Gasteiger charge is 2.26. The van der Waals surface area contributed by atoms with Crippen molar-refractivity contribution in [2.75, 3.05) is 32.7 Å². The zero-order valence-electron chi connectivity index (χ0n) is 17.7. The smallest absolute Gasteiger partial charge is 0.238 e. The number of H-pyrrole nitrogens is 1. The van der Waals surface area contributed by atoms with Gasteiger partial charge >= 0.3 is 0 Å². The maximum atomic E-state index is 12.2. The van der Waals surface area contributed by atoms with Gasteiger partial charge in [0.2, 0.25) is 10.0 Å². The topological polar surface area (TPSA) is 130 Å². The molecule has 0 amide bonds. The molecular weight excluding hydrogens is 426 g/mol. The van der Waals surface area contributed by atoms with Gasteiger partial charge in [0.25, 0.3) is 0 Å². The van der Waals surface area contributed by atoms with E-state index in [9.17, 15) is 8.42 Å². The molecule has 3 heterocycles. The molecule has 2 saturated heterocycles. The van der Waals surface area contributed by atoms with Gasteiger partial charge in [-0.25, -0.2) is 18.7 Å². The van der Waals surface area contributed by atoms with Crippen LogP contribution < -0.4 is 10.5 Å². The molecule has 2 fully saturated rings. The Kier molecular flexibility index (Phi) is 5.76. The maximum absolute atomic E-state index is 12.2. The molecule has 9 nitrogen and oxygen atoms in total. The number of likely N-dealkylation sites (tertiary alicyclic amines) is 1. The minimum atomic E-state index is -3.95. The molecule has 4 N–H and O–H groups in total. The Hall–Kier alpha value is -2.66. The summed E-state index contributed by atoms with van der Waals surface area (Å²) in [6.07, 6.45) is 2.32. The third-order valence-electron chi connectivity index (χ3n) is 6.58. The van der Waals surface area contributed by atoms with Crippen molar-refractivity contribution < 1.29 is 8.42 Å². The highest BCUT2D eigenvalue weighted by atomic mass is 32.2. The molecule has 2 aliphatic heterocycles. The second-order valence-corrected chi connectivity index (χ2v) is 10.2. The highest BCUT2D eigenvalue weighted by molar-refractivity contribution is 7.89. The van der Waals surface area contributed by atoms with Crippen LogP contribution in [0.1, 0.15) is 24.3 Å². The van der Waals surface area contributed by atoms with Crippen molar-refractivity contribution in [3.8, 4) is 22.5 Å². The molecule has 5 rings (SSSR count). The van der Waals surface area contributed by atoms with E-state index in [1.54, 1.807) is 6.07 Å². The first-order valence-corrected chi connectivity index (χ1v) is 12.5. The number of aromatic amines is 1. The average molecular weight is 454 g/mol. The number of sulfonamides is 1. The fourth-order valence-electron chi connectivity index (χ4n) is 4.74. The third-order valence-corrected chi connectivity index (χ3v) is 7.53. The Morgan fingerprint density at radius 3 is 2.41 bits per heavy atom. The first-order valence-electron chi connectivity index (χ1n) is 10.9. The largest absolute Gasteiger partial charge is 0.316 e. The lowest BCUT2D eigenvalue weighted by Crippen LogP contribution is -2.49. The summed E-state index contributed by atoms with van der Waals surface area (Å²) in [5.41, 5.74) is 3.31. The molecule has 0 radical (unpaired) electrons. The Labute approximate surface area is 187 Å². The van der Waals surface area contributed by atoms with Crippen molar-refractivity contribution >= 4 is 10.0 Å². The van der Waals surface area contributed by atoms with Crippen LogP contribution in [-0.4, -0.2) is 66.7 Å². The van der Waals surface area contributed by atoms with Crippen LogP contribution in [0.5, 0.6) is 0 Å². The van der Waals surface area contributed by atoms with Gasteiger partial charge in [-0.1, -0.05) is 36.4 Å². The standard InChI is InChI=1S/C22H27N7O2S/c23-32(30,31)20-3-1-2-19(21(20)22-25-27-28-26-22)18-6-4-16(5-7-18)17-8-10-29(11-9-17)14-15-12-24-13-15/h1-7,15,17,24H,8-14H2,(H2,23,30,31)(H,25,26,27,28). The molecule has 3 aromatic rings. The van der Waals surface area contributed by atoms with Gasteiger partial charge < -0.3 is 10.2 Å². The van der Waals surface area contributed by atoms with E-state index in [0.29, 0.717) is 17.0 Å². The molecule has 0 unspecified atom stereocenters. The van der Waals surface area contributed by atoms with Crippen LogP contribution >= 0.6 is 0 Å². The lowest BCUT2D eigenvalue weighted by atomic mass is 9.87. The van der Waals surface area contributed by atoms with Gasteiger partial charge in [-0.3, -0.25) is 0 Å². The molecule has 32 heavy (non-hydrogen) atoms. The summed E-state index contributed by atoms with van der Waals surface area (Å²) in [5, 5.41) is 22.6. The fraction of sp³-hybridized carbons (Fsp3) is 0.409. The Balaban J connectivity index is 1.38. The third kappa shape index (κ3) is 4.31. The van der Waals surface area contributed by atoms with Gasteiger partial charge in [-0.2, -0.15) is 0 Å².